The molecule has 10 nitrogen and oxygen atoms in total. The first-order chi connectivity index (χ1) is 19.2. The smallest absolute Gasteiger partial charge is 0.341 e. The second kappa shape index (κ2) is 9.96. The third-order valence-electron chi connectivity index (χ3n) is 7.38. The lowest BCUT2D eigenvalue weighted by Crippen LogP contribution is -2.58. The highest BCUT2D eigenvalue weighted by atomic mass is 19.1. The van der Waals surface area contributed by atoms with E-state index >= 15 is 0 Å². The molecule has 208 valence electrons. The largest absolute Gasteiger partial charge is 0.483 e. The van der Waals surface area contributed by atoms with E-state index < -0.39 is 35.6 Å². The van der Waals surface area contributed by atoms with Crippen molar-refractivity contribution < 1.29 is 27.5 Å². The molecular formula is C27H26F3N7O3. The number of nitrogens with zero attached hydrogens (tertiary/aromatic N) is 7. The molecule has 0 N–H and O–H groups in total. The third-order valence-corrected chi connectivity index (χ3v) is 7.38. The van der Waals surface area contributed by atoms with Gasteiger partial charge in [0.1, 0.15) is 17.7 Å². The Morgan fingerprint density at radius 3 is 2.40 bits per heavy atom. The summed E-state index contributed by atoms with van der Waals surface area (Å²) in [5, 5.41) is 9.75. The molecule has 0 radical (unpaired) electrons. The van der Waals surface area contributed by atoms with Crippen LogP contribution in [0.3, 0.4) is 0 Å². The Hall–Kier alpha value is -4.42. The Bertz CT molecular complexity index is 1510. The first-order valence-electron chi connectivity index (χ1n) is 12.9. The summed E-state index contributed by atoms with van der Waals surface area (Å²) < 4.78 is 49.4. The molecular weight excluding hydrogens is 527 g/mol. The topological polar surface area (TPSA) is 96.2 Å². The van der Waals surface area contributed by atoms with Crippen molar-refractivity contribution >= 4 is 18.2 Å². The van der Waals surface area contributed by atoms with Crippen LogP contribution in [0.4, 0.5) is 18.0 Å². The van der Waals surface area contributed by atoms with E-state index in [-0.39, 0.29) is 24.7 Å². The van der Waals surface area contributed by atoms with Gasteiger partial charge in [-0.05, 0) is 38.0 Å². The molecule has 40 heavy (non-hydrogen) atoms. The van der Waals surface area contributed by atoms with Crippen LogP contribution in [0.15, 0.2) is 35.6 Å². The Morgan fingerprint density at radius 2 is 1.73 bits per heavy atom. The summed E-state index contributed by atoms with van der Waals surface area (Å²) >= 11 is 0. The average molecular weight is 554 g/mol. The van der Waals surface area contributed by atoms with Crippen molar-refractivity contribution in [1.29, 1.82) is 0 Å². The van der Waals surface area contributed by atoms with Crippen molar-refractivity contribution in [2.24, 2.45) is 5.10 Å². The van der Waals surface area contributed by atoms with Crippen LogP contribution in [0.5, 0.6) is 5.75 Å². The van der Waals surface area contributed by atoms with Crippen molar-refractivity contribution in [3.63, 3.8) is 0 Å². The van der Waals surface area contributed by atoms with E-state index in [1.807, 2.05) is 0 Å². The number of aryl methyl sites for hydroxylation is 1. The molecule has 1 aromatic carbocycles. The maximum Gasteiger partial charge on any atom is 0.341 e. The van der Waals surface area contributed by atoms with Gasteiger partial charge in [-0.25, -0.2) is 32.6 Å². The van der Waals surface area contributed by atoms with Gasteiger partial charge in [0, 0.05) is 37.9 Å². The summed E-state index contributed by atoms with van der Waals surface area (Å²) in [5.41, 5.74) is 1.96. The van der Waals surface area contributed by atoms with Gasteiger partial charge < -0.3 is 14.5 Å². The Labute approximate surface area is 227 Å². The minimum Gasteiger partial charge on any atom is -0.483 e. The molecule has 3 aliphatic heterocycles. The summed E-state index contributed by atoms with van der Waals surface area (Å²) in [6, 6.07) is 3.48. The fourth-order valence-electron chi connectivity index (χ4n) is 5.10. The second-order valence-corrected chi connectivity index (χ2v) is 10.1. The van der Waals surface area contributed by atoms with Gasteiger partial charge in [0.15, 0.2) is 17.4 Å². The molecule has 2 aromatic heterocycles. The molecule has 0 bridgehead atoms. The van der Waals surface area contributed by atoms with Crippen LogP contribution >= 0.6 is 0 Å². The van der Waals surface area contributed by atoms with Gasteiger partial charge in [-0.15, -0.1) is 0 Å². The highest BCUT2D eigenvalue weighted by Crippen LogP contribution is 2.32. The van der Waals surface area contributed by atoms with E-state index in [0.29, 0.717) is 47.8 Å². The van der Waals surface area contributed by atoms with Crippen molar-refractivity contribution in [3.8, 4) is 11.6 Å². The molecule has 3 aromatic rings. The highest BCUT2D eigenvalue weighted by molar-refractivity contribution is 5.97. The zero-order chi connectivity index (χ0) is 28.1. The number of urea groups is 1. The fourth-order valence-corrected chi connectivity index (χ4v) is 5.10. The zero-order valence-electron chi connectivity index (χ0n) is 21.9. The van der Waals surface area contributed by atoms with Crippen molar-refractivity contribution in [1.82, 2.24) is 29.6 Å². The number of hydrogen-bond acceptors (Lipinski definition) is 6. The summed E-state index contributed by atoms with van der Waals surface area (Å²) in [4.78, 5) is 33.2. The number of likely N-dealkylation sites (tertiary alicyclic amines) is 2. The van der Waals surface area contributed by atoms with E-state index in [2.05, 4.69) is 15.2 Å². The maximum absolute atomic E-state index is 14.6. The molecule has 6 rings (SSSR count). The van der Waals surface area contributed by atoms with E-state index in [1.54, 1.807) is 18.7 Å². The molecule has 1 atom stereocenters. The lowest BCUT2D eigenvalue weighted by atomic mass is 10.0. The number of halogens is 3. The molecule has 1 unspecified atom stereocenters. The number of hydrogen-bond donors (Lipinski definition) is 0. The molecule has 0 spiro atoms. The van der Waals surface area contributed by atoms with Crippen molar-refractivity contribution in [2.75, 3.05) is 26.2 Å². The minimum atomic E-state index is -0.732. The molecule has 2 saturated heterocycles. The number of pyridine rings is 1. The SMILES string of the molecule is Cc1nn(-c2cc(OC3CN(C(=O)N4N=CCC4c4cc(F)cc(F)c4)C3)c(F)cn2)c(C)c1C(=O)N1CCC1. The Morgan fingerprint density at radius 1 is 1.00 bits per heavy atom. The number of aromatic nitrogens is 3. The average Bonchev–Trinajstić information content (AvgIpc) is 3.44. The number of ether oxygens (including phenoxy) is 1. The predicted molar refractivity (Wildman–Crippen MR) is 137 cm³/mol. The molecule has 0 aliphatic carbocycles. The monoisotopic (exact) mass is 553 g/mol. The molecule has 3 aliphatic rings. The van der Waals surface area contributed by atoms with Crippen LogP contribution in [-0.4, -0.2) is 80.0 Å². The normalized spacial score (nSPS) is 18.6. The van der Waals surface area contributed by atoms with Gasteiger partial charge in [0.05, 0.1) is 42.3 Å². The second-order valence-electron chi connectivity index (χ2n) is 10.1. The van der Waals surface area contributed by atoms with Gasteiger partial charge in [0.25, 0.3) is 5.91 Å². The van der Waals surface area contributed by atoms with Gasteiger partial charge in [-0.1, -0.05) is 0 Å². The number of hydrazone groups is 1. The van der Waals surface area contributed by atoms with Gasteiger partial charge in [-0.3, -0.25) is 4.79 Å². The molecule has 13 heteroatoms. The van der Waals surface area contributed by atoms with E-state index in [0.717, 1.165) is 18.7 Å². The molecule has 2 fully saturated rings. The van der Waals surface area contributed by atoms with E-state index in [9.17, 15) is 22.8 Å². The van der Waals surface area contributed by atoms with Crippen LogP contribution in [0.25, 0.3) is 5.82 Å². The maximum atomic E-state index is 14.6. The first-order valence-corrected chi connectivity index (χ1v) is 12.9. The van der Waals surface area contributed by atoms with E-state index in [4.69, 9.17) is 4.74 Å². The highest BCUT2D eigenvalue weighted by Gasteiger charge is 2.39. The quantitative estimate of drug-likeness (QED) is 0.480. The number of carbonyl (C=O) groups excluding carboxylic acids is 2. The van der Waals surface area contributed by atoms with Crippen molar-refractivity contribution in [2.45, 2.75) is 38.8 Å². The molecule has 3 amide bonds. The van der Waals surface area contributed by atoms with Crippen LogP contribution in [-0.2, 0) is 0 Å². The standard InChI is InChI=1S/C27H26F3N7O3/c1-15-25(26(38)34-6-3-7-34)16(2)36(33-15)24-11-23(21(30)12-31-24)40-20-13-35(14-20)27(39)37-22(4-5-32-37)17-8-18(28)10-19(29)9-17/h5,8-12,20,22H,3-4,6-7,13-14H2,1-2H3. The zero-order valence-corrected chi connectivity index (χ0v) is 21.9. The lowest BCUT2D eigenvalue weighted by Gasteiger charge is -2.41. The van der Waals surface area contributed by atoms with Gasteiger partial charge in [0.2, 0.25) is 0 Å². The third kappa shape index (κ3) is 4.54. The molecule has 5 heterocycles. The summed E-state index contributed by atoms with van der Waals surface area (Å²) in [6.45, 7) is 5.27. The number of carbonyl (C=O) groups is 2. The van der Waals surface area contributed by atoms with Crippen LogP contribution in [0.2, 0.25) is 0 Å². The first kappa shape index (κ1) is 25.8. The predicted octanol–water partition coefficient (Wildman–Crippen LogP) is 3.76. The van der Waals surface area contributed by atoms with Gasteiger partial charge >= 0.3 is 6.03 Å². The Kier molecular flexibility index (Phi) is 6.43. The van der Waals surface area contributed by atoms with Crippen LogP contribution in [0, 0.1) is 31.3 Å². The van der Waals surface area contributed by atoms with Gasteiger partial charge in [-0.2, -0.15) is 10.2 Å². The number of rotatable bonds is 5. The number of benzene rings is 1. The minimum absolute atomic E-state index is 0.0578. The Balaban J connectivity index is 1.13. The van der Waals surface area contributed by atoms with Crippen LogP contribution < -0.4 is 4.74 Å². The lowest BCUT2D eigenvalue weighted by molar-refractivity contribution is 0.0256. The van der Waals surface area contributed by atoms with Crippen LogP contribution in [0.1, 0.15) is 46.2 Å². The van der Waals surface area contributed by atoms with Crippen molar-refractivity contribution in [3.05, 3.63) is 70.4 Å². The number of amides is 3. The summed E-state index contributed by atoms with van der Waals surface area (Å²) in [7, 11) is 0. The van der Waals surface area contributed by atoms with E-state index in [1.165, 1.54) is 39.0 Å². The molecule has 0 saturated carbocycles. The summed E-state index contributed by atoms with van der Waals surface area (Å²) in [5.74, 6) is -1.99. The summed E-state index contributed by atoms with van der Waals surface area (Å²) in [6.07, 6.45) is 3.36. The fraction of sp³-hybridized carbons (Fsp3) is 0.370.